The third-order valence-electron chi connectivity index (χ3n) is 1.32. The minimum atomic E-state index is -0.789. The molecule has 0 saturated heterocycles. The molecule has 0 amide bonds. The second-order valence-electron chi connectivity index (χ2n) is 2.06. The van der Waals surface area contributed by atoms with E-state index in [1.807, 2.05) is 0 Å². The van der Waals surface area contributed by atoms with Crippen LogP contribution in [0, 0.1) is 0 Å². The first-order chi connectivity index (χ1) is 5.75. The Kier molecular flexibility index (Phi) is 2.42. The van der Waals surface area contributed by atoms with E-state index in [4.69, 9.17) is 5.73 Å². The molecular formula is C8H6NO3. The highest BCUT2D eigenvalue weighted by atomic mass is 16.6. The van der Waals surface area contributed by atoms with Crippen molar-refractivity contribution in [2.24, 2.45) is 0 Å². The number of hydrogen-bond acceptors (Lipinski definition) is 4. The summed E-state index contributed by atoms with van der Waals surface area (Å²) in [6.45, 7) is 1.04. The van der Waals surface area contributed by atoms with Gasteiger partial charge in [-0.25, -0.2) is 9.59 Å². The lowest BCUT2D eigenvalue weighted by Gasteiger charge is -1.99. The Balaban J connectivity index is 2.94. The fraction of sp³-hybridized carbons (Fsp3) is 0. The van der Waals surface area contributed by atoms with E-state index < -0.39 is 5.97 Å². The van der Waals surface area contributed by atoms with E-state index in [9.17, 15) is 9.59 Å². The quantitative estimate of drug-likeness (QED) is 0.392. The molecule has 0 aliphatic rings. The maximum Gasteiger partial charge on any atom is 0.425 e. The smallest absolute Gasteiger partial charge is 0.398 e. The molecule has 61 valence electrons. The lowest BCUT2D eigenvalue weighted by Crippen LogP contribution is -2.06. The van der Waals surface area contributed by atoms with E-state index in [0.29, 0.717) is 0 Å². The Bertz CT molecular complexity index is 309. The van der Waals surface area contributed by atoms with Crippen molar-refractivity contribution in [3.05, 3.63) is 29.8 Å². The molecule has 0 saturated carbocycles. The Labute approximate surface area is 68.9 Å². The standard InChI is InChI=1S/C8H6NO3/c9-7-4-2-1-3-6(7)8(11)12-5-10/h1-4H,9H2. The van der Waals surface area contributed by atoms with Gasteiger partial charge in [0.1, 0.15) is 0 Å². The third-order valence-corrected chi connectivity index (χ3v) is 1.32. The van der Waals surface area contributed by atoms with Gasteiger partial charge in [0.25, 0.3) is 0 Å². The van der Waals surface area contributed by atoms with Crippen LogP contribution in [0.25, 0.3) is 0 Å². The molecule has 0 unspecified atom stereocenters. The summed E-state index contributed by atoms with van der Waals surface area (Å²) < 4.78 is 3.98. The zero-order chi connectivity index (χ0) is 8.97. The maximum atomic E-state index is 10.9. The molecule has 0 atom stereocenters. The topological polar surface area (TPSA) is 69.4 Å². The summed E-state index contributed by atoms with van der Waals surface area (Å²) in [6.07, 6.45) is 0. The number of carbonyl (C=O) groups excluding carboxylic acids is 2. The highest BCUT2D eigenvalue weighted by Gasteiger charge is 2.09. The zero-order valence-corrected chi connectivity index (χ0v) is 6.11. The molecule has 0 spiro atoms. The molecule has 0 bridgehead atoms. The Morgan fingerprint density at radius 3 is 2.67 bits per heavy atom. The van der Waals surface area contributed by atoms with Crippen LogP contribution < -0.4 is 5.73 Å². The van der Waals surface area contributed by atoms with E-state index in [0.717, 1.165) is 6.47 Å². The number of anilines is 1. The molecule has 0 heterocycles. The fourth-order valence-corrected chi connectivity index (χ4v) is 0.776. The van der Waals surface area contributed by atoms with Crippen LogP contribution in [-0.2, 0) is 9.53 Å². The van der Waals surface area contributed by atoms with Crippen LogP contribution >= 0.6 is 0 Å². The van der Waals surface area contributed by atoms with Crippen LogP contribution in [0.1, 0.15) is 10.4 Å². The number of nitrogen functional groups attached to an aromatic ring is 1. The lowest BCUT2D eigenvalue weighted by atomic mass is 10.2. The van der Waals surface area contributed by atoms with Crippen LogP contribution in [0.15, 0.2) is 24.3 Å². The van der Waals surface area contributed by atoms with Gasteiger partial charge < -0.3 is 10.5 Å². The van der Waals surface area contributed by atoms with E-state index in [1.54, 1.807) is 18.2 Å². The molecule has 1 aromatic rings. The van der Waals surface area contributed by atoms with Gasteiger partial charge in [0.05, 0.1) is 5.56 Å². The Hall–Kier alpha value is -1.84. The third kappa shape index (κ3) is 1.60. The highest BCUT2D eigenvalue weighted by molar-refractivity contribution is 5.97. The normalized spacial score (nSPS) is 9.00. The van der Waals surface area contributed by atoms with E-state index in [-0.39, 0.29) is 11.3 Å². The average Bonchev–Trinajstić information content (AvgIpc) is 2.05. The van der Waals surface area contributed by atoms with Gasteiger partial charge in [-0.1, -0.05) is 12.1 Å². The summed E-state index contributed by atoms with van der Waals surface area (Å²) >= 11 is 0. The number of carbonyl (C=O) groups is 1. The number of hydrogen-bond donors (Lipinski definition) is 1. The summed E-state index contributed by atoms with van der Waals surface area (Å²) in [5.41, 5.74) is 5.86. The SMILES string of the molecule is Nc1ccccc1C(=O)O[C]=O. The number of esters is 1. The first kappa shape index (κ1) is 8.26. The van der Waals surface area contributed by atoms with Gasteiger partial charge in [-0.15, -0.1) is 0 Å². The van der Waals surface area contributed by atoms with Crippen LogP contribution in [0.3, 0.4) is 0 Å². The second kappa shape index (κ2) is 3.52. The van der Waals surface area contributed by atoms with Crippen molar-refractivity contribution < 1.29 is 14.3 Å². The molecular weight excluding hydrogens is 158 g/mol. The summed E-state index contributed by atoms with van der Waals surface area (Å²) in [4.78, 5) is 20.6. The van der Waals surface area contributed by atoms with Crippen molar-refractivity contribution in [1.29, 1.82) is 0 Å². The predicted octanol–water partition coefficient (Wildman–Crippen LogP) is 0.493. The van der Waals surface area contributed by atoms with Gasteiger partial charge in [0.15, 0.2) is 0 Å². The summed E-state index contributed by atoms with van der Waals surface area (Å²) in [7, 11) is 0. The maximum absolute atomic E-state index is 10.9. The van der Waals surface area contributed by atoms with Crippen LogP contribution in [-0.4, -0.2) is 12.4 Å². The summed E-state index contributed by atoms with van der Waals surface area (Å²) in [5, 5.41) is 0. The fourth-order valence-electron chi connectivity index (χ4n) is 0.776. The number of ether oxygens (including phenoxy) is 1. The molecule has 4 heteroatoms. The van der Waals surface area contributed by atoms with Gasteiger partial charge in [0.2, 0.25) is 0 Å². The molecule has 12 heavy (non-hydrogen) atoms. The molecule has 2 N–H and O–H groups in total. The summed E-state index contributed by atoms with van der Waals surface area (Å²) in [6, 6.07) is 6.31. The van der Waals surface area contributed by atoms with E-state index in [1.165, 1.54) is 6.07 Å². The van der Waals surface area contributed by atoms with Crippen LogP contribution in [0.2, 0.25) is 0 Å². The van der Waals surface area contributed by atoms with Crippen molar-refractivity contribution in [1.82, 2.24) is 0 Å². The predicted molar refractivity (Wildman–Crippen MR) is 42.0 cm³/mol. The molecule has 0 fully saturated rings. The van der Waals surface area contributed by atoms with E-state index >= 15 is 0 Å². The van der Waals surface area contributed by atoms with Crippen molar-refractivity contribution >= 4 is 18.1 Å². The Morgan fingerprint density at radius 2 is 2.08 bits per heavy atom. The first-order valence-electron chi connectivity index (χ1n) is 3.18. The van der Waals surface area contributed by atoms with Gasteiger partial charge in [-0.2, -0.15) is 0 Å². The highest BCUT2D eigenvalue weighted by Crippen LogP contribution is 2.10. The van der Waals surface area contributed by atoms with Crippen molar-refractivity contribution in [3.63, 3.8) is 0 Å². The monoisotopic (exact) mass is 164 g/mol. The van der Waals surface area contributed by atoms with Crippen LogP contribution in [0.5, 0.6) is 0 Å². The zero-order valence-electron chi connectivity index (χ0n) is 6.11. The molecule has 4 nitrogen and oxygen atoms in total. The summed E-state index contributed by atoms with van der Waals surface area (Å²) in [5.74, 6) is -0.789. The van der Waals surface area contributed by atoms with Crippen molar-refractivity contribution in [2.45, 2.75) is 0 Å². The number of rotatable bonds is 2. The van der Waals surface area contributed by atoms with Crippen molar-refractivity contribution in [3.8, 4) is 0 Å². The lowest BCUT2D eigenvalue weighted by molar-refractivity contribution is 0.0711. The number of nitrogens with two attached hydrogens (primary N) is 1. The second-order valence-corrected chi connectivity index (χ2v) is 2.06. The van der Waals surface area contributed by atoms with Gasteiger partial charge in [-0.05, 0) is 12.1 Å². The Morgan fingerprint density at radius 1 is 1.42 bits per heavy atom. The minimum absolute atomic E-state index is 0.167. The molecule has 1 radical (unpaired) electrons. The van der Waals surface area contributed by atoms with Gasteiger partial charge in [0, 0.05) is 5.69 Å². The molecule has 0 aliphatic carbocycles. The van der Waals surface area contributed by atoms with Gasteiger partial charge >= 0.3 is 12.4 Å². The van der Waals surface area contributed by atoms with Crippen LogP contribution in [0.4, 0.5) is 5.69 Å². The molecule has 0 aromatic heterocycles. The van der Waals surface area contributed by atoms with Crippen molar-refractivity contribution in [2.75, 3.05) is 5.73 Å². The molecule has 1 rings (SSSR count). The largest absolute Gasteiger partial charge is 0.425 e. The molecule has 0 aliphatic heterocycles. The number of benzene rings is 1. The number of para-hydroxylation sites is 1. The minimum Gasteiger partial charge on any atom is -0.398 e. The molecule has 1 aromatic carbocycles. The average molecular weight is 164 g/mol. The van der Waals surface area contributed by atoms with E-state index in [2.05, 4.69) is 4.74 Å². The van der Waals surface area contributed by atoms with Gasteiger partial charge in [-0.3, -0.25) is 0 Å². The first-order valence-corrected chi connectivity index (χ1v) is 3.18.